The molecule has 0 aliphatic carbocycles. The van der Waals surface area contributed by atoms with Crippen molar-refractivity contribution >= 4 is 45.6 Å². The van der Waals surface area contributed by atoms with Crippen molar-refractivity contribution in [3.05, 3.63) is 64.5 Å². The van der Waals surface area contributed by atoms with Gasteiger partial charge in [0.1, 0.15) is 5.82 Å². The van der Waals surface area contributed by atoms with Gasteiger partial charge in [-0.1, -0.05) is 29.3 Å². The van der Waals surface area contributed by atoms with Gasteiger partial charge in [0.25, 0.3) is 0 Å². The molecule has 0 amide bonds. The number of nitrogens with zero attached hydrogens (tertiary/aromatic N) is 4. The predicted molar refractivity (Wildman–Crippen MR) is 92.1 cm³/mol. The van der Waals surface area contributed by atoms with Crippen LogP contribution in [0.15, 0.2) is 48.8 Å². The lowest BCUT2D eigenvalue weighted by Crippen LogP contribution is -2.07. The van der Waals surface area contributed by atoms with Crippen LogP contribution in [0.5, 0.6) is 0 Å². The van der Waals surface area contributed by atoms with Gasteiger partial charge >= 0.3 is 0 Å². The number of nitrogens with one attached hydrogen (secondary N) is 1. The summed E-state index contributed by atoms with van der Waals surface area (Å²) in [7, 11) is 0. The molecule has 0 fully saturated rings. The summed E-state index contributed by atoms with van der Waals surface area (Å²) in [5.41, 5.74) is 2.48. The summed E-state index contributed by atoms with van der Waals surface area (Å²) in [6, 6.07) is 11.3. The normalized spacial score (nSPS) is 11.2. The third-order valence-electron chi connectivity index (χ3n) is 3.57. The number of rotatable bonds is 3. The van der Waals surface area contributed by atoms with Gasteiger partial charge in [0, 0.05) is 17.6 Å². The van der Waals surface area contributed by atoms with E-state index in [0.29, 0.717) is 22.1 Å². The fraction of sp³-hybridized carbons (Fsp3) is 0.0625. The zero-order chi connectivity index (χ0) is 15.8. The highest BCUT2D eigenvalue weighted by Gasteiger charge is 2.07. The lowest BCUT2D eigenvalue weighted by atomic mass is 10.2. The van der Waals surface area contributed by atoms with Crippen molar-refractivity contribution in [3.8, 4) is 0 Å². The second-order valence-corrected chi connectivity index (χ2v) is 5.81. The maximum absolute atomic E-state index is 6.23. The molecule has 5 nitrogen and oxygen atoms in total. The number of hydrogen-bond acceptors (Lipinski definition) is 4. The largest absolute Gasteiger partial charge is 0.364 e. The number of pyridine rings is 1. The van der Waals surface area contributed by atoms with Gasteiger partial charge in [-0.05, 0) is 24.3 Å². The fourth-order valence-electron chi connectivity index (χ4n) is 2.43. The van der Waals surface area contributed by atoms with Crippen LogP contribution in [0.4, 0.5) is 5.82 Å². The van der Waals surface area contributed by atoms with Crippen molar-refractivity contribution in [3.63, 3.8) is 0 Å². The first-order valence-electron chi connectivity index (χ1n) is 6.98. The zero-order valence-corrected chi connectivity index (χ0v) is 13.4. The Hall–Kier alpha value is -2.37. The Bertz CT molecular complexity index is 1010. The summed E-state index contributed by atoms with van der Waals surface area (Å²) in [6.07, 6.45) is 3.49. The van der Waals surface area contributed by atoms with E-state index in [1.54, 1.807) is 23.0 Å². The molecule has 7 heteroatoms. The van der Waals surface area contributed by atoms with Gasteiger partial charge in [-0.2, -0.15) is 5.10 Å². The Kier molecular flexibility index (Phi) is 3.52. The number of anilines is 1. The van der Waals surface area contributed by atoms with E-state index in [2.05, 4.69) is 20.4 Å². The van der Waals surface area contributed by atoms with E-state index in [1.165, 1.54) is 0 Å². The lowest BCUT2D eigenvalue weighted by molar-refractivity contribution is 0.852. The molecule has 23 heavy (non-hydrogen) atoms. The third kappa shape index (κ3) is 2.58. The second-order valence-electron chi connectivity index (χ2n) is 5.02. The quantitative estimate of drug-likeness (QED) is 0.605. The number of halogens is 2. The minimum absolute atomic E-state index is 0.464. The van der Waals surface area contributed by atoms with Gasteiger partial charge in [-0.15, -0.1) is 0 Å². The van der Waals surface area contributed by atoms with Crippen LogP contribution in [0.2, 0.25) is 10.0 Å². The van der Waals surface area contributed by atoms with Crippen LogP contribution in [0.1, 0.15) is 5.69 Å². The van der Waals surface area contributed by atoms with E-state index in [4.69, 9.17) is 23.2 Å². The summed E-state index contributed by atoms with van der Waals surface area (Å²) in [5.74, 6) is 0.721. The molecular weight excluding hydrogens is 333 g/mol. The van der Waals surface area contributed by atoms with Crippen LogP contribution in [0, 0.1) is 0 Å². The van der Waals surface area contributed by atoms with Crippen molar-refractivity contribution in [1.82, 2.24) is 19.6 Å². The minimum atomic E-state index is 0.464. The maximum atomic E-state index is 6.23. The standard InChI is InChI=1S/C16H11Cl2N5/c17-12-3-1-10-2-4-13(22-16(10)15(12)18)20-9-11-5-7-19-14-6-8-21-23(11)14/h1-8H,9H2,(H,20,22). The van der Waals surface area contributed by atoms with Crippen LogP contribution in [-0.4, -0.2) is 19.6 Å². The Morgan fingerprint density at radius 3 is 2.78 bits per heavy atom. The van der Waals surface area contributed by atoms with Crippen LogP contribution in [0.3, 0.4) is 0 Å². The molecule has 114 valence electrons. The summed E-state index contributed by atoms with van der Waals surface area (Å²) >= 11 is 12.3. The first-order valence-corrected chi connectivity index (χ1v) is 7.74. The molecule has 3 aromatic heterocycles. The third-order valence-corrected chi connectivity index (χ3v) is 4.37. The van der Waals surface area contributed by atoms with E-state index < -0.39 is 0 Å². The highest BCUT2D eigenvalue weighted by molar-refractivity contribution is 6.45. The first-order chi connectivity index (χ1) is 11.2. The Balaban J connectivity index is 1.65. The molecule has 1 aromatic carbocycles. The molecule has 4 aromatic rings. The van der Waals surface area contributed by atoms with Crippen LogP contribution < -0.4 is 5.32 Å². The topological polar surface area (TPSA) is 55.1 Å². The summed E-state index contributed by atoms with van der Waals surface area (Å²) in [4.78, 5) is 8.79. The van der Waals surface area contributed by atoms with E-state index >= 15 is 0 Å². The second kappa shape index (κ2) is 5.68. The molecule has 0 saturated heterocycles. The van der Waals surface area contributed by atoms with Crippen LogP contribution in [0.25, 0.3) is 16.6 Å². The Labute approximate surface area is 141 Å². The maximum Gasteiger partial charge on any atom is 0.155 e. The molecule has 0 radical (unpaired) electrons. The van der Waals surface area contributed by atoms with Crippen molar-refractivity contribution in [2.24, 2.45) is 0 Å². The fourth-order valence-corrected chi connectivity index (χ4v) is 2.80. The van der Waals surface area contributed by atoms with Crippen molar-refractivity contribution in [1.29, 1.82) is 0 Å². The van der Waals surface area contributed by atoms with Gasteiger partial charge in [0.2, 0.25) is 0 Å². The zero-order valence-electron chi connectivity index (χ0n) is 11.9. The molecule has 0 bridgehead atoms. The van der Waals surface area contributed by atoms with Crippen LogP contribution >= 0.6 is 23.2 Å². The highest BCUT2D eigenvalue weighted by atomic mass is 35.5. The van der Waals surface area contributed by atoms with E-state index in [-0.39, 0.29) is 0 Å². The SMILES string of the molecule is Clc1ccc2ccc(NCc3ccnc4ccnn34)nc2c1Cl. The van der Waals surface area contributed by atoms with Gasteiger partial charge in [-0.3, -0.25) is 0 Å². The average molecular weight is 344 g/mol. The summed E-state index contributed by atoms with van der Waals surface area (Å²) < 4.78 is 1.79. The monoisotopic (exact) mass is 343 g/mol. The predicted octanol–water partition coefficient (Wildman–Crippen LogP) is 4.20. The van der Waals surface area contributed by atoms with Gasteiger partial charge < -0.3 is 5.32 Å². The highest BCUT2D eigenvalue weighted by Crippen LogP contribution is 2.30. The van der Waals surface area contributed by atoms with E-state index in [1.807, 2.05) is 30.3 Å². The molecule has 0 unspecified atom stereocenters. The molecule has 0 atom stereocenters. The molecule has 0 spiro atoms. The molecule has 0 aliphatic rings. The smallest absolute Gasteiger partial charge is 0.155 e. The molecular formula is C16H11Cl2N5. The molecule has 4 rings (SSSR count). The van der Waals surface area contributed by atoms with Crippen molar-refractivity contribution < 1.29 is 0 Å². The summed E-state index contributed by atoms with van der Waals surface area (Å²) in [5, 5.41) is 9.45. The number of fused-ring (bicyclic) bond motifs is 2. The minimum Gasteiger partial charge on any atom is -0.364 e. The van der Waals surface area contributed by atoms with E-state index in [9.17, 15) is 0 Å². The Morgan fingerprint density at radius 2 is 1.87 bits per heavy atom. The van der Waals surface area contributed by atoms with Gasteiger partial charge in [-0.25, -0.2) is 14.5 Å². The average Bonchev–Trinajstić information content (AvgIpc) is 3.06. The number of hydrogen-bond donors (Lipinski definition) is 1. The number of benzene rings is 1. The van der Waals surface area contributed by atoms with Crippen LogP contribution in [-0.2, 0) is 6.54 Å². The first kappa shape index (κ1) is 14.2. The summed E-state index contributed by atoms with van der Waals surface area (Å²) in [6.45, 7) is 0.567. The molecule has 1 N–H and O–H groups in total. The van der Waals surface area contributed by atoms with Gasteiger partial charge in [0.05, 0.1) is 34.0 Å². The molecule has 3 heterocycles. The van der Waals surface area contributed by atoms with Crippen molar-refractivity contribution in [2.45, 2.75) is 6.54 Å². The molecule has 0 aliphatic heterocycles. The van der Waals surface area contributed by atoms with Crippen molar-refractivity contribution in [2.75, 3.05) is 5.32 Å². The molecule has 0 saturated carbocycles. The lowest BCUT2D eigenvalue weighted by Gasteiger charge is -2.09. The van der Waals surface area contributed by atoms with E-state index in [0.717, 1.165) is 22.5 Å². The Morgan fingerprint density at radius 1 is 1.00 bits per heavy atom. The van der Waals surface area contributed by atoms with Gasteiger partial charge in [0.15, 0.2) is 5.65 Å². The number of aromatic nitrogens is 4.